The molecule has 0 amide bonds. The summed E-state index contributed by atoms with van der Waals surface area (Å²) in [7, 11) is 0. The predicted molar refractivity (Wildman–Crippen MR) is 73.7 cm³/mol. The summed E-state index contributed by atoms with van der Waals surface area (Å²) in [4.78, 5) is 0. The summed E-state index contributed by atoms with van der Waals surface area (Å²) in [6.45, 7) is 3.39. The van der Waals surface area contributed by atoms with Crippen molar-refractivity contribution < 1.29 is 0 Å². The van der Waals surface area contributed by atoms with Gasteiger partial charge in [0.1, 0.15) is 0 Å². The Morgan fingerprint density at radius 1 is 1.35 bits per heavy atom. The summed E-state index contributed by atoms with van der Waals surface area (Å²) in [5.74, 6) is 5.92. The summed E-state index contributed by atoms with van der Waals surface area (Å²) in [6.07, 6.45) is 16.2. The van der Waals surface area contributed by atoms with Gasteiger partial charge in [-0.3, -0.25) is 0 Å². The lowest BCUT2D eigenvalue weighted by Gasteiger charge is -2.27. The van der Waals surface area contributed by atoms with E-state index < -0.39 is 0 Å². The highest BCUT2D eigenvalue weighted by Crippen LogP contribution is 2.50. The average molecular weight is 233 g/mol. The van der Waals surface area contributed by atoms with Crippen LogP contribution in [0.15, 0.2) is 0 Å². The van der Waals surface area contributed by atoms with Gasteiger partial charge < -0.3 is 5.32 Å². The van der Waals surface area contributed by atoms with Gasteiger partial charge in [-0.15, -0.1) is 12.3 Å². The average Bonchev–Trinajstić information content (AvgIpc) is 2.94. The van der Waals surface area contributed by atoms with Gasteiger partial charge >= 0.3 is 0 Å². The lowest BCUT2D eigenvalue weighted by molar-refractivity contribution is 0.272. The van der Waals surface area contributed by atoms with Crippen molar-refractivity contribution in [3.63, 3.8) is 0 Å². The van der Waals surface area contributed by atoms with Crippen LogP contribution in [0, 0.1) is 30.1 Å². The SMILES string of the molecule is C#CCCC(CC1CC2CCC1C2)NCCC. The van der Waals surface area contributed by atoms with E-state index in [1.54, 1.807) is 0 Å². The van der Waals surface area contributed by atoms with Gasteiger partial charge in [-0.2, -0.15) is 0 Å². The van der Waals surface area contributed by atoms with Crippen LogP contribution in [0.5, 0.6) is 0 Å². The molecule has 1 N–H and O–H groups in total. The Morgan fingerprint density at radius 3 is 2.82 bits per heavy atom. The van der Waals surface area contributed by atoms with E-state index in [2.05, 4.69) is 18.2 Å². The number of nitrogens with one attached hydrogen (secondary N) is 1. The van der Waals surface area contributed by atoms with E-state index in [0.29, 0.717) is 6.04 Å². The fraction of sp³-hybridized carbons (Fsp3) is 0.875. The molecular weight excluding hydrogens is 206 g/mol. The molecule has 2 aliphatic carbocycles. The Morgan fingerprint density at radius 2 is 2.24 bits per heavy atom. The monoisotopic (exact) mass is 233 g/mol. The van der Waals surface area contributed by atoms with Crippen LogP contribution in [0.1, 0.15) is 58.3 Å². The first kappa shape index (κ1) is 13.0. The fourth-order valence-corrected chi connectivity index (χ4v) is 3.94. The molecule has 4 unspecified atom stereocenters. The van der Waals surface area contributed by atoms with Gasteiger partial charge in [0.15, 0.2) is 0 Å². The Bertz CT molecular complexity index is 265. The molecule has 0 saturated heterocycles. The standard InChI is InChI=1S/C16H27N/c1-3-5-6-16(17-9-4-2)12-15-11-13-7-8-14(15)10-13/h1,13-17H,4-12H2,2H3. The molecule has 4 atom stereocenters. The van der Waals surface area contributed by atoms with Gasteiger partial charge in [0.25, 0.3) is 0 Å². The molecule has 17 heavy (non-hydrogen) atoms. The van der Waals surface area contributed by atoms with Crippen molar-refractivity contribution in [1.82, 2.24) is 5.32 Å². The molecule has 2 saturated carbocycles. The van der Waals surface area contributed by atoms with Gasteiger partial charge in [-0.25, -0.2) is 0 Å². The maximum atomic E-state index is 5.40. The van der Waals surface area contributed by atoms with Crippen LogP contribution < -0.4 is 5.32 Å². The quantitative estimate of drug-likeness (QED) is 0.663. The van der Waals surface area contributed by atoms with Crippen LogP contribution >= 0.6 is 0 Å². The molecule has 96 valence electrons. The first-order valence-corrected chi connectivity index (χ1v) is 7.50. The molecule has 0 heterocycles. The number of fused-ring (bicyclic) bond motifs is 2. The summed E-state index contributed by atoms with van der Waals surface area (Å²) < 4.78 is 0. The van der Waals surface area contributed by atoms with Crippen LogP contribution in [0.4, 0.5) is 0 Å². The third-order valence-corrected chi connectivity index (χ3v) is 4.79. The van der Waals surface area contributed by atoms with Crippen molar-refractivity contribution in [2.24, 2.45) is 17.8 Å². The zero-order chi connectivity index (χ0) is 12.1. The minimum atomic E-state index is 0.676. The Balaban J connectivity index is 1.77. The van der Waals surface area contributed by atoms with Gasteiger partial charge in [0, 0.05) is 12.5 Å². The smallest absolute Gasteiger partial charge is 0.0101 e. The normalized spacial score (nSPS) is 32.6. The number of hydrogen-bond donors (Lipinski definition) is 1. The molecule has 2 rings (SSSR count). The highest BCUT2D eigenvalue weighted by molar-refractivity contribution is 4.93. The summed E-state index contributed by atoms with van der Waals surface area (Å²) >= 11 is 0. The second-order valence-electron chi connectivity index (χ2n) is 6.06. The zero-order valence-corrected chi connectivity index (χ0v) is 11.3. The first-order valence-electron chi connectivity index (χ1n) is 7.50. The lowest BCUT2D eigenvalue weighted by Crippen LogP contribution is -2.33. The molecule has 2 fully saturated rings. The molecule has 0 aliphatic heterocycles. The Kier molecular flexibility index (Phi) is 4.92. The van der Waals surface area contributed by atoms with Crippen LogP contribution in [-0.2, 0) is 0 Å². The number of hydrogen-bond acceptors (Lipinski definition) is 1. The van der Waals surface area contributed by atoms with Crippen molar-refractivity contribution in [1.29, 1.82) is 0 Å². The van der Waals surface area contributed by atoms with E-state index in [0.717, 1.165) is 30.7 Å². The summed E-state index contributed by atoms with van der Waals surface area (Å²) in [6, 6.07) is 0.676. The molecule has 1 nitrogen and oxygen atoms in total. The lowest BCUT2D eigenvalue weighted by atomic mass is 9.83. The van der Waals surface area contributed by atoms with Gasteiger partial charge in [0.2, 0.25) is 0 Å². The molecule has 0 aromatic rings. The van der Waals surface area contributed by atoms with Crippen LogP contribution in [0.3, 0.4) is 0 Å². The minimum Gasteiger partial charge on any atom is -0.314 e. The van der Waals surface area contributed by atoms with E-state index in [1.807, 2.05) is 0 Å². The van der Waals surface area contributed by atoms with E-state index in [4.69, 9.17) is 6.42 Å². The highest BCUT2D eigenvalue weighted by atomic mass is 14.9. The second kappa shape index (κ2) is 6.45. The number of terminal acetylenes is 1. The summed E-state index contributed by atoms with van der Waals surface area (Å²) in [5.41, 5.74) is 0. The molecule has 2 aliphatic rings. The third kappa shape index (κ3) is 3.49. The molecule has 0 aromatic carbocycles. The predicted octanol–water partition coefficient (Wildman–Crippen LogP) is 3.59. The summed E-state index contributed by atoms with van der Waals surface area (Å²) in [5, 5.41) is 3.70. The molecule has 0 spiro atoms. The van der Waals surface area contributed by atoms with Crippen LogP contribution in [0.25, 0.3) is 0 Å². The Hall–Kier alpha value is -0.480. The van der Waals surface area contributed by atoms with Crippen LogP contribution in [0.2, 0.25) is 0 Å². The largest absolute Gasteiger partial charge is 0.314 e. The van der Waals surface area contributed by atoms with Crippen molar-refractivity contribution in [3.05, 3.63) is 0 Å². The maximum Gasteiger partial charge on any atom is 0.0101 e. The van der Waals surface area contributed by atoms with E-state index >= 15 is 0 Å². The zero-order valence-electron chi connectivity index (χ0n) is 11.3. The Labute approximate surface area is 107 Å². The topological polar surface area (TPSA) is 12.0 Å². The minimum absolute atomic E-state index is 0.676. The van der Waals surface area contributed by atoms with Gasteiger partial charge in [-0.05, 0) is 62.8 Å². The number of rotatable bonds is 7. The highest BCUT2D eigenvalue weighted by Gasteiger charge is 2.39. The molecule has 0 aromatic heterocycles. The molecule has 1 heteroatoms. The van der Waals surface area contributed by atoms with Crippen molar-refractivity contribution in [2.75, 3.05) is 6.54 Å². The molecular formula is C16H27N. The van der Waals surface area contributed by atoms with Gasteiger partial charge in [0.05, 0.1) is 0 Å². The molecule has 0 radical (unpaired) electrons. The van der Waals surface area contributed by atoms with E-state index in [-0.39, 0.29) is 0 Å². The van der Waals surface area contributed by atoms with Gasteiger partial charge in [-0.1, -0.05) is 13.3 Å². The maximum absolute atomic E-state index is 5.40. The molecule has 2 bridgehead atoms. The van der Waals surface area contributed by atoms with Crippen molar-refractivity contribution in [2.45, 2.75) is 64.3 Å². The van der Waals surface area contributed by atoms with Crippen LogP contribution in [-0.4, -0.2) is 12.6 Å². The van der Waals surface area contributed by atoms with Crippen molar-refractivity contribution in [3.8, 4) is 12.3 Å². The third-order valence-electron chi connectivity index (χ3n) is 4.79. The first-order chi connectivity index (χ1) is 8.33. The van der Waals surface area contributed by atoms with Crippen molar-refractivity contribution >= 4 is 0 Å². The second-order valence-corrected chi connectivity index (χ2v) is 6.06. The fourth-order valence-electron chi connectivity index (χ4n) is 3.94. The van der Waals surface area contributed by atoms with E-state index in [9.17, 15) is 0 Å². The van der Waals surface area contributed by atoms with E-state index in [1.165, 1.54) is 44.9 Å².